The molecule has 2 saturated heterocycles. The van der Waals surface area contributed by atoms with Gasteiger partial charge in [-0.05, 0) is 32.3 Å². The molecule has 1 atom stereocenters. The van der Waals surface area contributed by atoms with Gasteiger partial charge >= 0.3 is 0 Å². The molecule has 2 aliphatic heterocycles. The summed E-state index contributed by atoms with van der Waals surface area (Å²) in [6.45, 7) is 4.66. The number of pyridine rings is 1. The molecule has 2 aliphatic rings. The van der Waals surface area contributed by atoms with Gasteiger partial charge in [0.2, 0.25) is 5.91 Å². The molecule has 0 saturated carbocycles. The average Bonchev–Trinajstić information content (AvgIpc) is 2.67. The van der Waals surface area contributed by atoms with Crippen LogP contribution < -0.4 is 4.90 Å². The van der Waals surface area contributed by atoms with E-state index >= 15 is 0 Å². The van der Waals surface area contributed by atoms with E-state index in [1.807, 2.05) is 11.8 Å². The summed E-state index contributed by atoms with van der Waals surface area (Å²) in [5.74, 6) is -0.122. The fourth-order valence-corrected chi connectivity index (χ4v) is 4.31. The van der Waals surface area contributed by atoms with E-state index in [-0.39, 0.29) is 17.1 Å². The Morgan fingerprint density at radius 3 is 2.85 bits per heavy atom. The van der Waals surface area contributed by atoms with Crippen molar-refractivity contribution in [2.45, 2.75) is 39.2 Å². The molecule has 0 N–H and O–H groups in total. The molecule has 2 aromatic heterocycles. The van der Waals surface area contributed by atoms with Crippen molar-refractivity contribution in [2.24, 2.45) is 5.41 Å². The summed E-state index contributed by atoms with van der Waals surface area (Å²) in [7, 11) is 0. The van der Waals surface area contributed by atoms with E-state index in [1.165, 1.54) is 6.20 Å². The van der Waals surface area contributed by atoms with Crippen LogP contribution in [0.15, 0.2) is 30.9 Å². The Morgan fingerprint density at radius 1 is 1.19 bits per heavy atom. The minimum Gasteiger partial charge on any atom is -0.368 e. The standard InChI is InChI=1S/C20H24FN5O/c1-15-9-24-16(10-23-15)12-26-14-20(6-3-19(26)27)5-2-8-25(13-20)18-4-7-22-11-17(18)21/h4,7,9-11H,2-3,5-6,8,12-14H2,1H3. The predicted molar refractivity (Wildman–Crippen MR) is 99.5 cm³/mol. The lowest BCUT2D eigenvalue weighted by atomic mass is 9.73. The molecule has 2 aromatic rings. The summed E-state index contributed by atoms with van der Waals surface area (Å²) in [6, 6.07) is 1.74. The molecule has 27 heavy (non-hydrogen) atoms. The molecule has 0 bridgehead atoms. The third-order valence-electron chi connectivity index (χ3n) is 5.69. The first-order valence-electron chi connectivity index (χ1n) is 9.44. The molecule has 0 radical (unpaired) electrons. The smallest absolute Gasteiger partial charge is 0.222 e. The van der Waals surface area contributed by atoms with Crippen LogP contribution in [0.4, 0.5) is 10.1 Å². The van der Waals surface area contributed by atoms with E-state index in [0.29, 0.717) is 25.2 Å². The second-order valence-electron chi connectivity index (χ2n) is 7.75. The molecular formula is C20H24FN5O. The quantitative estimate of drug-likeness (QED) is 0.832. The first kappa shape index (κ1) is 17.8. The maximum atomic E-state index is 14.2. The second-order valence-corrected chi connectivity index (χ2v) is 7.75. The lowest BCUT2D eigenvalue weighted by Gasteiger charge is -2.48. The third kappa shape index (κ3) is 3.77. The van der Waals surface area contributed by atoms with Gasteiger partial charge in [-0.2, -0.15) is 0 Å². The number of piperidine rings is 2. The van der Waals surface area contributed by atoms with E-state index in [4.69, 9.17) is 0 Å². The Kier molecular flexibility index (Phi) is 4.76. The first-order valence-corrected chi connectivity index (χ1v) is 9.44. The van der Waals surface area contributed by atoms with Gasteiger partial charge in [0.15, 0.2) is 5.82 Å². The van der Waals surface area contributed by atoms with Gasteiger partial charge in [-0.25, -0.2) is 4.39 Å². The highest BCUT2D eigenvalue weighted by atomic mass is 19.1. The molecule has 0 aliphatic carbocycles. The van der Waals surface area contributed by atoms with E-state index in [2.05, 4.69) is 19.9 Å². The number of carbonyl (C=O) groups excluding carboxylic acids is 1. The maximum absolute atomic E-state index is 14.2. The van der Waals surface area contributed by atoms with Gasteiger partial charge in [0.1, 0.15) is 0 Å². The van der Waals surface area contributed by atoms with Crippen LogP contribution in [0.25, 0.3) is 0 Å². The number of aryl methyl sites for hydroxylation is 1. The van der Waals surface area contributed by atoms with Crippen molar-refractivity contribution in [1.29, 1.82) is 0 Å². The highest BCUT2D eigenvalue weighted by Gasteiger charge is 2.42. The van der Waals surface area contributed by atoms with Crippen LogP contribution in [-0.2, 0) is 11.3 Å². The zero-order valence-electron chi connectivity index (χ0n) is 15.6. The minimum absolute atomic E-state index is 0.00000437. The van der Waals surface area contributed by atoms with Gasteiger partial charge in [0, 0.05) is 43.9 Å². The van der Waals surface area contributed by atoms with Crippen LogP contribution in [0.3, 0.4) is 0 Å². The number of nitrogens with zero attached hydrogens (tertiary/aromatic N) is 5. The van der Waals surface area contributed by atoms with Crippen LogP contribution in [-0.4, -0.2) is 45.4 Å². The molecule has 6 nitrogen and oxygen atoms in total. The number of amides is 1. The number of carbonyl (C=O) groups is 1. The van der Waals surface area contributed by atoms with Crippen LogP contribution in [0.1, 0.15) is 37.1 Å². The zero-order valence-corrected chi connectivity index (χ0v) is 15.6. The Bertz CT molecular complexity index is 827. The number of anilines is 1. The highest BCUT2D eigenvalue weighted by molar-refractivity contribution is 5.77. The van der Waals surface area contributed by atoms with Gasteiger partial charge in [-0.1, -0.05) is 0 Å². The second kappa shape index (κ2) is 7.21. The first-order chi connectivity index (χ1) is 13.0. The molecule has 142 valence electrons. The fourth-order valence-electron chi connectivity index (χ4n) is 4.31. The van der Waals surface area contributed by atoms with Crippen molar-refractivity contribution in [3.05, 3.63) is 48.1 Å². The molecule has 7 heteroatoms. The topological polar surface area (TPSA) is 62.2 Å². The summed E-state index contributed by atoms with van der Waals surface area (Å²) < 4.78 is 14.2. The Hall–Kier alpha value is -2.57. The van der Waals surface area contributed by atoms with Crippen molar-refractivity contribution in [2.75, 3.05) is 24.5 Å². The lowest BCUT2D eigenvalue weighted by Crippen LogP contribution is -2.54. The Morgan fingerprint density at radius 2 is 2.07 bits per heavy atom. The van der Waals surface area contributed by atoms with Crippen LogP contribution in [0.5, 0.6) is 0 Å². The molecular weight excluding hydrogens is 345 g/mol. The van der Waals surface area contributed by atoms with Crippen molar-refractivity contribution in [3.63, 3.8) is 0 Å². The number of likely N-dealkylation sites (tertiary alicyclic amines) is 1. The third-order valence-corrected chi connectivity index (χ3v) is 5.69. The van der Waals surface area contributed by atoms with Crippen molar-refractivity contribution >= 4 is 11.6 Å². The summed E-state index contributed by atoms with van der Waals surface area (Å²) >= 11 is 0. The minimum atomic E-state index is -0.284. The molecule has 4 heterocycles. The van der Waals surface area contributed by atoms with Gasteiger partial charge < -0.3 is 9.80 Å². The monoisotopic (exact) mass is 369 g/mol. The van der Waals surface area contributed by atoms with E-state index in [0.717, 1.165) is 43.7 Å². The summed E-state index contributed by atoms with van der Waals surface area (Å²) in [6.07, 6.45) is 9.80. The normalized spacial score (nSPS) is 23.1. The molecule has 1 spiro atoms. The van der Waals surface area contributed by atoms with Crippen LogP contribution >= 0.6 is 0 Å². The maximum Gasteiger partial charge on any atom is 0.222 e. The number of hydrogen-bond acceptors (Lipinski definition) is 5. The Balaban J connectivity index is 1.51. The van der Waals surface area contributed by atoms with E-state index in [1.54, 1.807) is 24.7 Å². The van der Waals surface area contributed by atoms with Gasteiger partial charge in [-0.3, -0.25) is 19.7 Å². The highest BCUT2D eigenvalue weighted by Crippen LogP contribution is 2.40. The van der Waals surface area contributed by atoms with E-state index < -0.39 is 0 Å². The molecule has 1 unspecified atom stereocenters. The number of rotatable bonds is 3. The largest absolute Gasteiger partial charge is 0.368 e. The SMILES string of the molecule is Cc1cnc(CN2CC3(CCCN(c4ccncc4F)C3)CCC2=O)cn1. The Labute approximate surface area is 158 Å². The van der Waals surface area contributed by atoms with Crippen LogP contribution in [0, 0.1) is 18.2 Å². The van der Waals surface area contributed by atoms with Crippen molar-refractivity contribution in [1.82, 2.24) is 19.9 Å². The van der Waals surface area contributed by atoms with Gasteiger partial charge in [-0.15, -0.1) is 0 Å². The summed E-state index contributed by atoms with van der Waals surface area (Å²) in [4.78, 5) is 29.0. The van der Waals surface area contributed by atoms with Gasteiger partial charge in [0.25, 0.3) is 0 Å². The molecule has 4 rings (SSSR count). The zero-order chi connectivity index (χ0) is 18.9. The van der Waals surface area contributed by atoms with Gasteiger partial charge in [0.05, 0.1) is 36.0 Å². The molecule has 0 aromatic carbocycles. The number of hydrogen-bond donors (Lipinski definition) is 0. The van der Waals surface area contributed by atoms with Crippen molar-refractivity contribution in [3.8, 4) is 0 Å². The van der Waals surface area contributed by atoms with Crippen molar-refractivity contribution < 1.29 is 9.18 Å². The number of aromatic nitrogens is 3. The summed E-state index contributed by atoms with van der Waals surface area (Å²) in [5, 5.41) is 0. The van der Waals surface area contributed by atoms with E-state index in [9.17, 15) is 9.18 Å². The number of halogens is 1. The molecule has 1 amide bonds. The molecule has 2 fully saturated rings. The lowest BCUT2D eigenvalue weighted by molar-refractivity contribution is -0.138. The predicted octanol–water partition coefficient (Wildman–Crippen LogP) is 2.73. The summed E-state index contributed by atoms with van der Waals surface area (Å²) in [5.41, 5.74) is 2.28. The fraction of sp³-hybridized carbons (Fsp3) is 0.500. The average molecular weight is 369 g/mol. The van der Waals surface area contributed by atoms with Crippen LogP contribution in [0.2, 0.25) is 0 Å².